The number of nitrogens with zero attached hydrogens (tertiary/aromatic N) is 9. The van der Waals surface area contributed by atoms with E-state index < -0.39 is 23.4 Å². The average Bonchev–Trinajstić information content (AvgIpc) is 3.69. The van der Waals surface area contributed by atoms with Crippen molar-refractivity contribution in [3.8, 4) is 11.5 Å². The van der Waals surface area contributed by atoms with Crippen LogP contribution in [-0.2, 0) is 9.59 Å². The molecule has 0 spiro atoms. The summed E-state index contributed by atoms with van der Waals surface area (Å²) >= 11 is 0. The Kier molecular flexibility index (Phi) is 5.58. The zero-order chi connectivity index (χ0) is 25.5. The Morgan fingerprint density at radius 2 is 1.86 bits per heavy atom. The molecule has 0 saturated carbocycles. The van der Waals surface area contributed by atoms with Crippen molar-refractivity contribution < 1.29 is 14.0 Å². The van der Waals surface area contributed by atoms with Gasteiger partial charge < -0.3 is 15.1 Å². The number of ketones is 1. The number of carbonyl (C=O) groups is 2. The van der Waals surface area contributed by atoms with Crippen molar-refractivity contribution in [1.82, 2.24) is 39.9 Å². The van der Waals surface area contributed by atoms with Gasteiger partial charge in [0.1, 0.15) is 5.82 Å². The number of fused-ring (bicyclic) bond motifs is 1. The first-order valence-corrected chi connectivity index (χ1v) is 11.9. The number of benzene rings is 1. The molecule has 13 heteroatoms. The summed E-state index contributed by atoms with van der Waals surface area (Å²) in [4.78, 5) is 34.1. The van der Waals surface area contributed by atoms with Crippen molar-refractivity contribution >= 4 is 23.3 Å². The highest BCUT2D eigenvalue weighted by atomic mass is 19.1. The average molecular weight is 503 g/mol. The Labute approximate surface area is 210 Å². The number of pyridine rings is 1. The van der Waals surface area contributed by atoms with E-state index in [1.54, 1.807) is 16.9 Å². The van der Waals surface area contributed by atoms with Gasteiger partial charge in [-0.15, -0.1) is 0 Å². The van der Waals surface area contributed by atoms with Crippen LogP contribution in [-0.4, -0.2) is 84.3 Å². The Morgan fingerprint density at radius 3 is 2.59 bits per heavy atom. The summed E-state index contributed by atoms with van der Waals surface area (Å²) in [6.45, 7) is 3.48. The maximum absolute atomic E-state index is 14.9. The van der Waals surface area contributed by atoms with Gasteiger partial charge in [-0.3, -0.25) is 9.59 Å². The lowest BCUT2D eigenvalue weighted by Gasteiger charge is -2.34. The number of hydrogen-bond acceptors (Lipinski definition) is 9. The molecule has 4 aromatic rings. The number of piperazine rings is 1. The van der Waals surface area contributed by atoms with Gasteiger partial charge in [0.2, 0.25) is 11.7 Å². The second kappa shape index (κ2) is 9.08. The molecule has 2 aliphatic heterocycles. The van der Waals surface area contributed by atoms with Crippen LogP contribution in [0.25, 0.3) is 11.5 Å². The number of tetrazole rings is 1. The van der Waals surface area contributed by atoms with Gasteiger partial charge in [0, 0.05) is 44.5 Å². The molecule has 1 aromatic carbocycles. The molecule has 1 saturated heterocycles. The number of para-hydroxylation sites is 1. The minimum atomic E-state index is -0.940. The molecule has 1 N–H and O–H groups in total. The number of halogens is 1. The normalized spacial score (nSPS) is 17.0. The van der Waals surface area contributed by atoms with E-state index in [9.17, 15) is 14.0 Å². The summed E-state index contributed by atoms with van der Waals surface area (Å²) in [6, 6.07) is 11.3. The van der Waals surface area contributed by atoms with E-state index in [2.05, 4.69) is 30.9 Å². The number of Topliss-reactive ketones (excluding diaryl/α,β-unsaturated/α-hetero) is 1. The number of carbonyl (C=O) groups excluding carboxylic acids is 2. The van der Waals surface area contributed by atoms with Gasteiger partial charge in [0.15, 0.2) is 5.82 Å². The molecule has 1 atom stereocenters. The molecular formula is C24H23FN10O2. The molecule has 188 valence electrons. The van der Waals surface area contributed by atoms with Crippen molar-refractivity contribution in [2.75, 3.05) is 42.9 Å². The minimum absolute atomic E-state index is 0.113. The molecule has 6 rings (SSSR count). The van der Waals surface area contributed by atoms with E-state index >= 15 is 0 Å². The highest BCUT2D eigenvalue weighted by molar-refractivity contribution is 6.38. The fourth-order valence-corrected chi connectivity index (χ4v) is 4.77. The fraction of sp³-hybridized carbons (Fsp3) is 0.292. The van der Waals surface area contributed by atoms with Gasteiger partial charge in [-0.05, 0) is 35.5 Å². The first-order chi connectivity index (χ1) is 18.0. The quantitative estimate of drug-likeness (QED) is 0.399. The van der Waals surface area contributed by atoms with E-state index in [-0.39, 0.29) is 12.1 Å². The van der Waals surface area contributed by atoms with Crippen LogP contribution in [0.2, 0.25) is 0 Å². The van der Waals surface area contributed by atoms with Crippen LogP contribution < -0.4 is 10.2 Å². The highest BCUT2D eigenvalue weighted by Gasteiger charge is 2.39. The summed E-state index contributed by atoms with van der Waals surface area (Å²) in [5, 5.41) is 19.4. The maximum atomic E-state index is 14.9. The van der Waals surface area contributed by atoms with Crippen LogP contribution >= 0.6 is 0 Å². The van der Waals surface area contributed by atoms with E-state index in [0.29, 0.717) is 43.6 Å². The standard InChI is InChI=1S/C24H23FN10O2/c1-15-7-8-34(29-15)22-20-19(18(25)14-27-22)17(13-26-20)21(36)23(37)32-9-11-33(12-10-32)24-28-30-31-35(24)16-5-3-2-4-6-16/h2-8,14,17,26H,9-13H2,1H3. The van der Waals surface area contributed by atoms with Crippen molar-refractivity contribution in [1.29, 1.82) is 0 Å². The van der Waals surface area contributed by atoms with Crippen molar-refractivity contribution in [2.24, 2.45) is 0 Å². The third kappa shape index (κ3) is 3.97. The summed E-state index contributed by atoms with van der Waals surface area (Å²) in [5.41, 5.74) is 2.13. The molecule has 12 nitrogen and oxygen atoms in total. The van der Waals surface area contributed by atoms with Gasteiger partial charge >= 0.3 is 0 Å². The molecule has 1 unspecified atom stereocenters. The van der Waals surface area contributed by atoms with Crippen LogP contribution in [0.4, 0.5) is 16.0 Å². The predicted molar refractivity (Wildman–Crippen MR) is 130 cm³/mol. The van der Waals surface area contributed by atoms with E-state index in [1.165, 1.54) is 9.58 Å². The number of hydrogen-bond donors (Lipinski definition) is 1. The van der Waals surface area contributed by atoms with E-state index in [4.69, 9.17) is 0 Å². The molecular weight excluding hydrogens is 479 g/mol. The number of rotatable bonds is 5. The third-order valence-corrected chi connectivity index (χ3v) is 6.65. The molecule has 37 heavy (non-hydrogen) atoms. The lowest BCUT2D eigenvalue weighted by molar-refractivity contribution is -0.145. The summed E-state index contributed by atoms with van der Waals surface area (Å²) < 4.78 is 18.0. The van der Waals surface area contributed by atoms with E-state index in [0.717, 1.165) is 17.6 Å². The smallest absolute Gasteiger partial charge is 0.290 e. The Balaban J connectivity index is 1.17. The maximum Gasteiger partial charge on any atom is 0.290 e. The summed E-state index contributed by atoms with van der Waals surface area (Å²) in [5.74, 6) is -1.90. The van der Waals surface area contributed by atoms with Crippen LogP contribution in [0.3, 0.4) is 0 Å². The summed E-state index contributed by atoms with van der Waals surface area (Å²) in [6.07, 6.45) is 2.78. The number of nitrogens with one attached hydrogen (secondary N) is 1. The second-order valence-electron chi connectivity index (χ2n) is 8.92. The van der Waals surface area contributed by atoms with E-state index in [1.807, 2.05) is 42.2 Å². The van der Waals surface area contributed by atoms with Crippen molar-refractivity contribution in [3.63, 3.8) is 0 Å². The van der Waals surface area contributed by atoms with Crippen LogP contribution in [0.1, 0.15) is 17.2 Å². The first kappa shape index (κ1) is 22.8. The Hall–Kier alpha value is -4.68. The van der Waals surface area contributed by atoms with Gasteiger partial charge in [-0.1, -0.05) is 23.3 Å². The van der Waals surface area contributed by atoms with Gasteiger partial charge in [0.25, 0.3) is 5.91 Å². The number of anilines is 2. The minimum Gasteiger partial charge on any atom is -0.381 e. The monoisotopic (exact) mass is 502 g/mol. The molecule has 3 aromatic heterocycles. The number of aryl methyl sites for hydroxylation is 1. The summed E-state index contributed by atoms with van der Waals surface area (Å²) in [7, 11) is 0. The zero-order valence-electron chi connectivity index (χ0n) is 20.0. The molecule has 1 amide bonds. The van der Waals surface area contributed by atoms with Crippen LogP contribution in [0.15, 0.2) is 48.8 Å². The Morgan fingerprint density at radius 1 is 1.08 bits per heavy atom. The topological polar surface area (TPSA) is 127 Å². The molecule has 1 fully saturated rings. The predicted octanol–water partition coefficient (Wildman–Crippen LogP) is 1.12. The third-order valence-electron chi connectivity index (χ3n) is 6.65. The lowest BCUT2D eigenvalue weighted by Crippen LogP contribution is -2.52. The highest BCUT2D eigenvalue weighted by Crippen LogP contribution is 2.37. The van der Waals surface area contributed by atoms with Gasteiger partial charge in [-0.25, -0.2) is 14.1 Å². The second-order valence-corrected chi connectivity index (χ2v) is 8.92. The number of aromatic nitrogens is 7. The largest absolute Gasteiger partial charge is 0.381 e. The van der Waals surface area contributed by atoms with Crippen LogP contribution in [0.5, 0.6) is 0 Å². The van der Waals surface area contributed by atoms with Gasteiger partial charge in [0.05, 0.1) is 29.2 Å². The molecule has 5 heterocycles. The molecule has 0 bridgehead atoms. The lowest BCUT2D eigenvalue weighted by atomic mass is 9.96. The molecule has 0 aliphatic carbocycles. The zero-order valence-corrected chi connectivity index (χ0v) is 20.0. The SMILES string of the molecule is Cc1ccn(-c2ncc(F)c3c2NCC3C(=O)C(=O)N2CCN(c3nnnn3-c3ccccc3)CC2)n1. The Bertz CT molecular complexity index is 1480. The molecule has 0 radical (unpaired) electrons. The number of amides is 1. The van der Waals surface area contributed by atoms with Crippen molar-refractivity contribution in [2.45, 2.75) is 12.8 Å². The molecule has 2 aliphatic rings. The van der Waals surface area contributed by atoms with Crippen molar-refractivity contribution in [3.05, 3.63) is 65.9 Å². The van der Waals surface area contributed by atoms with Crippen LogP contribution in [0, 0.1) is 12.7 Å². The fourth-order valence-electron chi connectivity index (χ4n) is 4.77. The first-order valence-electron chi connectivity index (χ1n) is 11.9. The van der Waals surface area contributed by atoms with Gasteiger partial charge in [-0.2, -0.15) is 9.78 Å².